The van der Waals surface area contributed by atoms with Crippen molar-refractivity contribution in [1.82, 2.24) is 19.6 Å². The molecule has 4 heterocycles. The lowest BCUT2D eigenvalue weighted by atomic mass is 10.0. The molecule has 0 aliphatic carbocycles. The molecule has 0 unspecified atom stereocenters. The Balaban J connectivity index is 1.11. The lowest BCUT2D eigenvalue weighted by Gasteiger charge is -2.41. The fourth-order valence-corrected chi connectivity index (χ4v) is 7.53. The first kappa shape index (κ1) is 34.5. The van der Waals surface area contributed by atoms with Crippen LogP contribution in [0.25, 0.3) is 0 Å². The van der Waals surface area contributed by atoms with E-state index in [-0.39, 0.29) is 24.4 Å². The van der Waals surface area contributed by atoms with Gasteiger partial charge in [-0.05, 0) is 67.9 Å². The zero-order chi connectivity index (χ0) is 34.3. The molecule has 0 bridgehead atoms. The molecular formula is C36H47N5O8. The predicted octanol–water partition coefficient (Wildman–Crippen LogP) is 3.46. The van der Waals surface area contributed by atoms with E-state index in [1.165, 1.54) is 7.11 Å². The van der Waals surface area contributed by atoms with Crippen molar-refractivity contribution in [3.63, 3.8) is 0 Å². The van der Waals surface area contributed by atoms with Crippen LogP contribution in [0.1, 0.15) is 42.4 Å². The Labute approximate surface area is 287 Å². The molecule has 49 heavy (non-hydrogen) atoms. The van der Waals surface area contributed by atoms with Crippen molar-refractivity contribution >= 4 is 30.2 Å². The maximum absolute atomic E-state index is 14.1. The minimum atomic E-state index is -1.06. The lowest BCUT2D eigenvalue weighted by molar-refractivity contribution is -0.143. The number of carbonyl (C=O) groups is 4. The number of aryl methyl sites for hydroxylation is 1. The Morgan fingerprint density at radius 3 is 2.41 bits per heavy atom. The Morgan fingerprint density at radius 1 is 0.959 bits per heavy atom. The highest BCUT2D eigenvalue weighted by Crippen LogP contribution is 2.33. The second-order valence-corrected chi connectivity index (χ2v) is 13.2. The Kier molecular flexibility index (Phi) is 11.2. The SMILES string of the molecule is COc1cc(C[C@@H](OC(=O)N2CCC(N3CCc4ccccc4NC3=O)CC2)C(=O)N2CCN(C3CCOCC3)CC2)cc(C)c1OC=O. The summed E-state index contributed by atoms with van der Waals surface area (Å²) in [5, 5.41) is 3.04. The molecule has 6 rings (SSSR count). The molecule has 2 aromatic rings. The molecule has 2 aromatic carbocycles. The molecule has 0 aromatic heterocycles. The largest absolute Gasteiger partial charge is 0.493 e. The third kappa shape index (κ3) is 8.10. The van der Waals surface area contributed by atoms with Gasteiger partial charge in [0.25, 0.3) is 12.4 Å². The molecule has 264 valence electrons. The summed E-state index contributed by atoms with van der Waals surface area (Å²) >= 11 is 0. The summed E-state index contributed by atoms with van der Waals surface area (Å²) in [6, 6.07) is 11.7. The minimum absolute atomic E-state index is 0.00893. The monoisotopic (exact) mass is 677 g/mol. The van der Waals surface area contributed by atoms with Gasteiger partial charge in [0.05, 0.1) is 7.11 Å². The van der Waals surface area contributed by atoms with E-state index < -0.39 is 12.2 Å². The number of methoxy groups -OCH3 is 1. The summed E-state index contributed by atoms with van der Waals surface area (Å²) in [6.45, 7) is 7.69. The number of carbonyl (C=O) groups excluding carboxylic acids is 4. The molecule has 1 N–H and O–H groups in total. The second-order valence-electron chi connectivity index (χ2n) is 13.2. The third-order valence-corrected chi connectivity index (χ3v) is 10.3. The van der Waals surface area contributed by atoms with E-state index in [2.05, 4.69) is 10.2 Å². The quantitative estimate of drug-likeness (QED) is 0.397. The highest BCUT2D eigenvalue weighted by atomic mass is 16.6. The number of anilines is 1. The van der Waals surface area contributed by atoms with Crippen LogP contribution in [0, 0.1) is 6.92 Å². The number of hydrogen-bond acceptors (Lipinski definition) is 9. The normalized spacial score (nSPS) is 20.1. The van der Waals surface area contributed by atoms with E-state index in [1.54, 1.807) is 22.8 Å². The van der Waals surface area contributed by atoms with Crippen LogP contribution in [0.2, 0.25) is 0 Å². The topological polar surface area (TPSA) is 130 Å². The summed E-state index contributed by atoms with van der Waals surface area (Å²) in [6.07, 6.45) is 2.50. The molecule has 0 radical (unpaired) electrons. The molecule has 4 aliphatic rings. The Hall–Kier alpha value is -4.36. The number of nitrogens with one attached hydrogen (secondary N) is 1. The molecule has 13 heteroatoms. The smallest absolute Gasteiger partial charge is 0.410 e. The van der Waals surface area contributed by atoms with Crippen LogP contribution < -0.4 is 14.8 Å². The van der Waals surface area contributed by atoms with Crippen LogP contribution >= 0.6 is 0 Å². The van der Waals surface area contributed by atoms with Crippen molar-refractivity contribution < 1.29 is 38.1 Å². The summed E-state index contributed by atoms with van der Waals surface area (Å²) in [4.78, 5) is 59.7. The number of urea groups is 1. The standard InChI is InChI=1S/C36H47N5O8/c1-25-21-26(22-31(46-2)33(25)48-24-42)23-32(34(43)39-17-15-38(16-18-39)28-10-19-47-20-11-28)49-36(45)40-12-8-29(9-13-40)41-14-7-27-5-3-4-6-30(27)37-35(41)44/h3-6,21-22,24,28-29,32H,7-20,23H2,1-2H3,(H,37,44)/t32-/m1/s1. The number of hydrogen-bond donors (Lipinski definition) is 1. The van der Waals surface area contributed by atoms with Gasteiger partial charge in [-0.25, -0.2) is 9.59 Å². The zero-order valence-electron chi connectivity index (χ0n) is 28.4. The molecule has 1 atom stereocenters. The van der Waals surface area contributed by atoms with E-state index in [0.29, 0.717) is 80.7 Å². The van der Waals surface area contributed by atoms with E-state index >= 15 is 0 Å². The molecule has 0 saturated carbocycles. The van der Waals surface area contributed by atoms with Gasteiger partial charge in [0.1, 0.15) is 0 Å². The summed E-state index contributed by atoms with van der Waals surface area (Å²) in [5.74, 6) is 0.420. The molecule has 3 fully saturated rings. The number of piperidine rings is 1. The van der Waals surface area contributed by atoms with Gasteiger partial charge in [-0.2, -0.15) is 0 Å². The maximum atomic E-state index is 14.1. The number of piperazine rings is 1. The first-order chi connectivity index (χ1) is 23.8. The van der Waals surface area contributed by atoms with Gasteiger partial charge in [0.2, 0.25) is 0 Å². The van der Waals surface area contributed by atoms with E-state index in [0.717, 1.165) is 56.8 Å². The van der Waals surface area contributed by atoms with Gasteiger partial charge < -0.3 is 39.0 Å². The number of ether oxygens (including phenoxy) is 4. The second kappa shape index (κ2) is 15.9. The number of likely N-dealkylation sites (tertiary alicyclic amines) is 1. The number of amides is 4. The van der Waals surface area contributed by atoms with Gasteiger partial charge in [-0.3, -0.25) is 14.5 Å². The van der Waals surface area contributed by atoms with Gasteiger partial charge >= 0.3 is 12.1 Å². The molecule has 3 saturated heterocycles. The number of rotatable bonds is 9. The first-order valence-corrected chi connectivity index (χ1v) is 17.3. The first-order valence-electron chi connectivity index (χ1n) is 17.3. The number of benzene rings is 2. The number of fused-ring (bicyclic) bond motifs is 1. The van der Waals surface area contributed by atoms with Crippen LogP contribution in [0.15, 0.2) is 36.4 Å². The van der Waals surface area contributed by atoms with Crippen molar-refractivity contribution in [3.05, 3.63) is 53.1 Å². The zero-order valence-corrected chi connectivity index (χ0v) is 28.4. The van der Waals surface area contributed by atoms with Crippen molar-refractivity contribution in [3.8, 4) is 11.5 Å². The minimum Gasteiger partial charge on any atom is -0.493 e. The van der Waals surface area contributed by atoms with Crippen LogP contribution in [0.5, 0.6) is 11.5 Å². The van der Waals surface area contributed by atoms with E-state index in [9.17, 15) is 19.2 Å². The molecule has 13 nitrogen and oxygen atoms in total. The van der Waals surface area contributed by atoms with Gasteiger partial charge in [0.15, 0.2) is 17.6 Å². The highest BCUT2D eigenvalue weighted by molar-refractivity contribution is 5.91. The molecule has 0 spiro atoms. The average molecular weight is 678 g/mol. The highest BCUT2D eigenvalue weighted by Gasteiger charge is 2.36. The van der Waals surface area contributed by atoms with Crippen LogP contribution in [0.3, 0.4) is 0 Å². The van der Waals surface area contributed by atoms with Gasteiger partial charge in [-0.1, -0.05) is 24.3 Å². The van der Waals surface area contributed by atoms with Crippen LogP contribution in [-0.4, -0.2) is 128 Å². The van der Waals surface area contributed by atoms with E-state index in [4.69, 9.17) is 18.9 Å². The fraction of sp³-hybridized carbons (Fsp3) is 0.556. The number of nitrogens with zero attached hydrogens (tertiary/aromatic N) is 4. The lowest BCUT2D eigenvalue weighted by Crippen LogP contribution is -2.56. The summed E-state index contributed by atoms with van der Waals surface area (Å²) in [7, 11) is 1.48. The van der Waals surface area contributed by atoms with Crippen LogP contribution in [-0.2, 0) is 31.9 Å². The average Bonchev–Trinajstić information content (AvgIpc) is 3.30. The van der Waals surface area contributed by atoms with Crippen LogP contribution in [0.4, 0.5) is 15.3 Å². The third-order valence-electron chi connectivity index (χ3n) is 10.3. The van der Waals surface area contributed by atoms with E-state index in [1.807, 2.05) is 35.2 Å². The Bertz CT molecular complexity index is 1500. The molecule has 4 aliphatic heterocycles. The number of para-hydroxylation sites is 1. The summed E-state index contributed by atoms with van der Waals surface area (Å²) < 4.78 is 22.2. The molecular weight excluding hydrogens is 630 g/mol. The maximum Gasteiger partial charge on any atom is 0.410 e. The molecule has 4 amide bonds. The summed E-state index contributed by atoms with van der Waals surface area (Å²) in [5.41, 5.74) is 3.33. The predicted molar refractivity (Wildman–Crippen MR) is 181 cm³/mol. The fourth-order valence-electron chi connectivity index (χ4n) is 7.53. The van der Waals surface area contributed by atoms with Gasteiger partial charge in [0, 0.05) is 83.2 Å². The Morgan fingerprint density at radius 2 is 1.69 bits per heavy atom. The van der Waals surface area contributed by atoms with Crippen molar-refractivity contribution in [1.29, 1.82) is 0 Å². The van der Waals surface area contributed by atoms with Crippen molar-refractivity contribution in [2.24, 2.45) is 0 Å². The van der Waals surface area contributed by atoms with Gasteiger partial charge in [-0.15, -0.1) is 0 Å². The van der Waals surface area contributed by atoms with Crippen molar-refractivity contribution in [2.75, 3.05) is 71.5 Å². The van der Waals surface area contributed by atoms with Crippen molar-refractivity contribution in [2.45, 2.75) is 63.6 Å².